The highest BCUT2D eigenvalue weighted by atomic mass is 35.5. The minimum Gasteiger partial charge on any atom is -0.367 e. The second-order valence-corrected chi connectivity index (χ2v) is 5.64. The van der Waals surface area contributed by atoms with E-state index in [0.29, 0.717) is 5.88 Å². The second-order valence-electron chi connectivity index (χ2n) is 4.34. The number of aryl methyl sites for hydroxylation is 1. The molecule has 2 aromatic rings. The molecule has 0 aliphatic rings. The van der Waals surface area contributed by atoms with E-state index in [1.165, 1.54) is 21.7 Å². The van der Waals surface area contributed by atoms with E-state index in [4.69, 9.17) is 11.6 Å². The summed E-state index contributed by atoms with van der Waals surface area (Å²) in [5.74, 6) is 0.586. The van der Waals surface area contributed by atoms with Crippen LogP contribution in [0.1, 0.15) is 22.9 Å². The van der Waals surface area contributed by atoms with Gasteiger partial charge in [-0.25, -0.2) is 0 Å². The van der Waals surface area contributed by atoms with Crippen molar-refractivity contribution < 1.29 is 0 Å². The van der Waals surface area contributed by atoms with Crippen molar-refractivity contribution in [3.63, 3.8) is 0 Å². The first-order chi connectivity index (χ1) is 8.74. The zero-order valence-electron chi connectivity index (χ0n) is 10.8. The predicted octanol–water partition coefficient (Wildman–Crippen LogP) is 4.82. The molecular formula is C15H18ClNS. The lowest BCUT2D eigenvalue weighted by Crippen LogP contribution is -2.21. The fourth-order valence-electron chi connectivity index (χ4n) is 2.00. The van der Waals surface area contributed by atoms with Crippen LogP contribution >= 0.6 is 22.9 Å². The first kappa shape index (κ1) is 13.4. The van der Waals surface area contributed by atoms with Gasteiger partial charge < -0.3 is 4.90 Å². The highest BCUT2D eigenvalue weighted by Crippen LogP contribution is 2.23. The van der Waals surface area contributed by atoms with Crippen LogP contribution in [0.15, 0.2) is 35.7 Å². The van der Waals surface area contributed by atoms with E-state index < -0.39 is 0 Å². The lowest BCUT2D eigenvalue weighted by atomic mass is 10.1. The molecule has 0 bridgehead atoms. The van der Waals surface area contributed by atoms with Gasteiger partial charge in [0.25, 0.3) is 0 Å². The Balaban J connectivity index is 2.19. The third kappa shape index (κ3) is 3.06. The van der Waals surface area contributed by atoms with Crippen LogP contribution in [-0.2, 0) is 12.4 Å². The molecular weight excluding hydrogens is 262 g/mol. The van der Waals surface area contributed by atoms with Gasteiger partial charge in [-0.1, -0.05) is 12.1 Å². The number of benzene rings is 1. The van der Waals surface area contributed by atoms with Gasteiger partial charge >= 0.3 is 0 Å². The molecule has 0 radical (unpaired) electrons. The van der Waals surface area contributed by atoms with Gasteiger partial charge in [-0.05, 0) is 48.6 Å². The van der Waals surface area contributed by atoms with Gasteiger partial charge in [0.2, 0.25) is 0 Å². The molecule has 3 heteroatoms. The average molecular weight is 280 g/mol. The quantitative estimate of drug-likeness (QED) is 0.709. The Labute approximate surface area is 118 Å². The Morgan fingerprint density at radius 2 is 2.11 bits per heavy atom. The third-order valence-electron chi connectivity index (χ3n) is 3.14. The molecule has 1 aromatic heterocycles. The van der Waals surface area contributed by atoms with Crippen molar-refractivity contribution in [1.82, 2.24) is 0 Å². The molecule has 0 unspecified atom stereocenters. The summed E-state index contributed by atoms with van der Waals surface area (Å²) in [4.78, 5) is 3.78. The van der Waals surface area contributed by atoms with Gasteiger partial charge in [-0.3, -0.25) is 0 Å². The van der Waals surface area contributed by atoms with Crippen LogP contribution in [0, 0.1) is 6.92 Å². The molecule has 0 spiro atoms. The summed E-state index contributed by atoms with van der Waals surface area (Å²) < 4.78 is 0. The normalized spacial score (nSPS) is 10.6. The fraction of sp³-hybridized carbons (Fsp3) is 0.333. The van der Waals surface area contributed by atoms with Gasteiger partial charge in [0.05, 0.1) is 6.54 Å². The first-order valence-corrected chi connectivity index (χ1v) is 7.58. The predicted molar refractivity (Wildman–Crippen MR) is 81.8 cm³/mol. The molecule has 0 saturated heterocycles. The van der Waals surface area contributed by atoms with Crippen LogP contribution in [0.25, 0.3) is 0 Å². The van der Waals surface area contributed by atoms with E-state index in [1.54, 1.807) is 0 Å². The van der Waals surface area contributed by atoms with Crippen LogP contribution in [0.4, 0.5) is 5.69 Å². The summed E-state index contributed by atoms with van der Waals surface area (Å²) in [5, 5.41) is 2.13. The van der Waals surface area contributed by atoms with Gasteiger partial charge in [0.15, 0.2) is 0 Å². The Morgan fingerprint density at radius 1 is 1.28 bits per heavy atom. The molecule has 0 atom stereocenters. The molecule has 1 aromatic carbocycles. The summed E-state index contributed by atoms with van der Waals surface area (Å²) in [7, 11) is 0. The summed E-state index contributed by atoms with van der Waals surface area (Å²) in [6.07, 6.45) is 0. The number of nitrogens with zero attached hydrogens (tertiary/aromatic N) is 1. The smallest absolute Gasteiger partial charge is 0.0522 e. The maximum atomic E-state index is 5.90. The third-order valence-corrected chi connectivity index (χ3v) is 4.29. The molecule has 96 valence electrons. The van der Waals surface area contributed by atoms with Gasteiger partial charge in [-0.2, -0.15) is 0 Å². The van der Waals surface area contributed by atoms with Crippen molar-refractivity contribution in [1.29, 1.82) is 0 Å². The monoisotopic (exact) mass is 279 g/mol. The lowest BCUT2D eigenvalue weighted by molar-refractivity contribution is 0.841. The molecule has 0 aliphatic carbocycles. The van der Waals surface area contributed by atoms with Crippen molar-refractivity contribution in [2.75, 3.05) is 11.4 Å². The Bertz CT molecular complexity index is 493. The van der Waals surface area contributed by atoms with Gasteiger partial charge in [0, 0.05) is 23.0 Å². The molecule has 0 aliphatic heterocycles. The van der Waals surface area contributed by atoms with E-state index in [-0.39, 0.29) is 0 Å². The van der Waals surface area contributed by atoms with Gasteiger partial charge in [0.1, 0.15) is 0 Å². The maximum Gasteiger partial charge on any atom is 0.0522 e. The van der Waals surface area contributed by atoms with E-state index in [1.807, 2.05) is 11.3 Å². The minimum absolute atomic E-state index is 0.586. The van der Waals surface area contributed by atoms with Crippen molar-refractivity contribution in [3.8, 4) is 0 Å². The maximum absolute atomic E-state index is 5.90. The zero-order chi connectivity index (χ0) is 13.0. The van der Waals surface area contributed by atoms with Crippen LogP contribution < -0.4 is 4.90 Å². The number of anilines is 1. The number of thiophene rings is 1. The number of hydrogen-bond acceptors (Lipinski definition) is 2. The van der Waals surface area contributed by atoms with E-state index in [0.717, 1.165) is 13.1 Å². The number of hydrogen-bond donors (Lipinski definition) is 0. The first-order valence-electron chi connectivity index (χ1n) is 6.17. The Morgan fingerprint density at radius 3 is 2.67 bits per heavy atom. The molecule has 0 fully saturated rings. The number of alkyl halides is 1. The highest BCUT2D eigenvalue weighted by molar-refractivity contribution is 7.09. The van der Waals surface area contributed by atoms with E-state index >= 15 is 0 Å². The Kier molecular flexibility index (Phi) is 4.67. The van der Waals surface area contributed by atoms with Crippen molar-refractivity contribution in [2.24, 2.45) is 0 Å². The zero-order valence-corrected chi connectivity index (χ0v) is 12.4. The van der Waals surface area contributed by atoms with Crippen LogP contribution in [-0.4, -0.2) is 6.54 Å². The van der Waals surface area contributed by atoms with Crippen molar-refractivity contribution >= 4 is 28.6 Å². The molecule has 2 rings (SSSR count). The molecule has 1 nitrogen and oxygen atoms in total. The van der Waals surface area contributed by atoms with E-state index in [9.17, 15) is 0 Å². The summed E-state index contributed by atoms with van der Waals surface area (Å²) >= 11 is 7.71. The van der Waals surface area contributed by atoms with Crippen molar-refractivity contribution in [3.05, 3.63) is 51.7 Å². The molecule has 0 amide bonds. The van der Waals surface area contributed by atoms with Crippen LogP contribution in [0.5, 0.6) is 0 Å². The minimum atomic E-state index is 0.586. The Hall–Kier alpha value is -0.990. The average Bonchev–Trinajstić information content (AvgIpc) is 2.88. The van der Waals surface area contributed by atoms with Gasteiger partial charge in [-0.15, -0.1) is 22.9 Å². The largest absolute Gasteiger partial charge is 0.367 e. The van der Waals surface area contributed by atoms with E-state index in [2.05, 4.69) is 54.5 Å². The van der Waals surface area contributed by atoms with Crippen molar-refractivity contribution in [2.45, 2.75) is 26.3 Å². The molecule has 0 N–H and O–H groups in total. The molecule has 1 heterocycles. The molecule has 0 saturated carbocycles. The fourth-order valence-corrected chi connectivity index (χ4v) is 3.02. The summed E-state index contributed by atoms with van der Waals surface area (Å²) in [6.45, 7) is 6.31. The summed E-state index contributed by atoms with van der Waals surface area (Å²) in [6, 6.07) is 10.8. The number of halogens is 1. The highest BCUT2D eigenvalue weighted by Gasteiger charge is 2.07. The van der Waals surface area contributed by atoms with Crippen LogP contribution in [0.2, 0.25) is 0 Å². The standard InChI is InChI=1S/C15H18ClNS/c1-3-17(11-15-5-4-8-18-15)14-7-6-13(10-16)12(2)9-14/h4-9H,3,10-11H2,1-2H3. The lowest BCUT2D eigenvalue weighted by Gasteiger charge is -2.23. The summed E-state index contributed by atoms with van der Waals surface area (Å²) in [5.41, 5.74) is 3.76. The topological polar surface area (TPSA) is 3.24 Å². The van der Waals surface area contributed by atoms with Crippen LogP contribution in [0.3, 0.4) is 0 Å². The molecule has 18 heavy (non-hydrogen) atoms. The number of rotatable bonds is 5. The SMILES string of the molecule is CCN(Cc1cccs1)c1ccc(CCl)c(C)c1. The second kappa shape index (κ2) is 6.26.